The molecule has 206 valence electrons. The predicted molar refractivity (Wildman–Crippen MR) is 134 cm³/mol. The molecule has 0 aliphatic rings. The Morgan fingerprint density at radius 2 is 1.39 bits per heavy atom. The molecule has 0 heterocycles. The van der Waals surface area contributed by atoms with Crippen LogP contribution >= 0.6 is 0 Å². The zero-order valence-corrected chi connectivity index (χ0v) is 21.5. The Balaban J connectivity index is 5.69. The van der Waals surface area contributed by atoms with Gasteiger partial charge in [0.25, 0.3) is 0 Å². The highest BCUT2D eigenvalue weighted by Gasteiger charge is 2.31. The molecule has 36 heavy (non-hydrogen) atoms. The first kappa shape index (κ1) is 32.6. The van der Waals surface area contributed by atoms with Gasteiger partial charge in [-0.1, -0.05) is 34.1 Å². The molecule has 14 nitrogen and oxygen atoms in total. The summed E-state index contributed by atoms with van der Waals surface area (Å²) in [6.45, 7) is 7.60. The molecule has 0 radical (unpaired) electrons. The maximum absolute atomic E-state index is 13.1. The molecule has 0 spiro atoms. The number of nitrogens with zero attached hydrogens (tertiary/aromatic N) is 1. The smallest absolute Gasteiger partial charge is 0.326 e. The van der Waals surface area contributed by atoms with Crippen LogP contribution in [0.4, 0.5) is 0 Å². The number of carboxylic acid groups (broad SMARTS) is 1. The molecular weight excluding hydrogens is 472 g/mol. The summed E-state index contributed by atoms with van der Waals surface area (Å²) < 4.78 is 0. The summed E-state index contributed by atoms with van der Waals surface area (Å²) in [6, 6.07) is -4.58. The van der Waals surface area contributed by atoms with E-state index in [4.69, 9.17) is 22.9 Å². The number of carboxylic acids is 1. The molecule has 0 aliphatic heterocycles. The second-order valence-corrected chi connectivity index (χ2v) is 9.18. The van der Waals surface area contributed by atoms with Crippen LogP contribution in [0.2, 0.25) is 0 Å². The number of hydrogen-bond donors (Lipinski definition) is 8. The van der Waals surface area contributed by atoms with Crippen molar-refractivity contribution in [3.8, 4) is 0 Å². The van der Waals surface area contributed by atoms with Gasteiger partial charge in [-0.2, -0.15) is 0 Å². The molecule has 0 saturated carbocycles. The van der Waals surface area contributed by atoms with Gasteiger partial charge in [-0.15, -0.1) is 0 Å². The van der Waals surface area contributed by atoms with Crippen molar-refractivity contribution in [1.82, 2.24) is 16.0 Å². The summed E-state index contributed by atoms with van der Waals surface area (Å²) in [5.74, 6) is -4.60. The molecule has 14 heteroatoms. The lowest BCUT2D eigenvalue weighted by molar-refractivity contribution is -0.143. The minimum absolute atomic E-state index is 0.0157. The minimum Gasteiger partial charge on any atom is -0.480 e. The second-order valence-electron chi connectivity index (χ2n) is 9.18. The zero-order valence-electron chi connectivity index (χ0n) is 21.5. The zero-order chi connectivity index (χ0) is 28.0. The molecule has 4 amide bonds. The van der Waals surface area contributed by atoms with Gasteiger partial charge in [0.1, 0.15) is 18.1 Å². The Morgan fingerprint density at radius 1 is 0.861 bits per heavy atom. The standard InChI is InChI=1S/C22H42N8O6/c1-5-12(4)17(24)20(34)29-14(9-11(2)3)19(33)28-13(7-6-8-27-22(25)26)18(32)30-15(21(35)36)10-16(23)31/h11-15,17H,5-10,24H2,1-4H3,(H2,23,31)(H,28,33)(H,29,34)(H,30,32)(H,35,36)(H4,25,26,27). The van der Waals surface area contributed by atoms with Crippen LogP contribution in [-0.4, -0.2) is 71.4 Å². The number of hydrogen-bond acceptors (Lipinski definition) is 7. The van der Waals surface area contributed by atoms with Crippen molar-refractivity contribution in [2.24, 2.45) is 39.8 Å². The van der Waals surface area contributed by atoms with Gasteiger partial charge in [0.2, 0.25) is 23.6 Å². The fourth-order valence-corrected chi connectivity index (χ4v) is 3.20. The van der Waals surface area contributed by atoms with E-state index < -0.39 is 60.2 Å². The van der Waals surface area contributed by atoms with Crippen LogP contribution in [0.1, 0.15) is 59.8 Å². The SMILES string of the molecule is CCC(C)C(N)C(=O)NC(CC(C)C)C(=O)NC(CCCN=C(N)N)C(=O)NC(CC(N)=O)C(=O)O. The molecule has 0 aromatic heterocycles. The first-order chi connectivity index (χ1) is 16.7. The van der Waals surface area contributed by atoms with Crippen molar-refractivity contribution in [2.75, 3.05) is 6.54 Å². The van der Waals surface area contributed by atoms with Gasteiger partial charge in [0.15, 0.2) is 5.96 Å². The van der Waals surface area contributed by atoms with Crippen molar-refractivity contribution in [3.05, 3.63) is 0 Å². The fourth-order valence-electron chi connectivity index (χ4n) is 3.20. The minimum atomic E-state index is -1.58. The van der Waals surface area contributed by atoms with Crippen LogP contribution in [0.15, 0.2) is 4.99 Å². The Labute approximate surface area is 211 Å². The summed E-state index contributed by atoms with van der Waals surface area (Å²) in [5, 5.41) is 16.7. The Kier molecular flexibility index (Phi) is 14.7. The predicted octanol–water partition coefficient (Wildman–Crippen LogP) is -2.13. The van der Waals surface area contributed by atoms with E-state index in [9.17, 15) is 29.1 Å². The Bertz CT molecular complexity index is 799. The fraction of sp³-hybridized carbons (Fsp3) is 0.727. The van der Waals surface area contributed by atoms with Gasteiger partial charge in [-0.05, 0) is 31.1 Å². The molecule has 0 bridgehead atoms. The van der Waals surface area contributed by atoms with Crippen molar-refractivity contribution in [1.29, 1.82) is 0 Å². The molecular formula is C22H42N8O6. The number of aliphatic carboxylic acids is 1. The number of carbonyl (C=O) groups is 5. The molecule has 0 aromatic carbocycles. The second kappa shape index (κ2) is 16.3. The van der Waals surface area contributed by atoms with Gasteiger partial charge in [0.05, 0.1) is 12.5 Å². The molecule has 5 unspecified atom stereocenters. The molecule has 12 N–H and O–H groups in total. The third kappa shape index (κ3) is 12.9. The molecule has 0 saturated heterocycles. The maximum atomic E-state index is 13.1. The van der Waals surface area contributed by atoms with E-state index in [0.29, 0.717) is 6.42 Å². The summed E-state index contributed by atoms with van der Waals surface area (Å²) in [4.78, 5) is 65.1. The number of primary amides is 1. The number of nitrogens with one attached hydrogen (secondary N) is 3. The van der Waals surface area contributed by atoms with E-state index in [2.05, 4.69) is 20.9 Å². The summed E-state index contributed by atoms with van der Waals surface area (Å²) >= 11 is 0. The van der Waals surface area contributed by atoms with Crippen molar-refractivity contribution in [2.45, 2.75) is 84.0 Å². The Morgan fingerprint density at radius 3 is 1.86 bits per heavy atom. The van der Waals surface area contributed by atoms with Gasteiger partial charge in [-0.3, -0.25) is 24.2 Å². The maximum Gasteiger partial charge on any atom is 0.326 e. The molecule has 0 aromatic rings. The highest BCUT2D eigenvalue weighted by atomic mass is 16.4. The number of guanidine groups is 1. The molecule has 0 fully saturated rings. The average molecular weight is 515 g/mol. The number of aliphatic imine (C=N–C) groups is 1. The molecule has 5 atom stereocenters. The van der Waals surface area contributed by atoms with E-state index in [1.807, 2.05) is 27.7 Å². The largest absolute Gasteiger partial charge is 0.480 e. The lowest BCUT2D eigenvalue weighted by Gasteiger charge is -2.26. The quantitative estimate of drug-likeness (QED) is 0.0598. The van der Waals surface area contributed by atoms with Crippen LogP contribution in [0.25, 0.3) is 0 Å². The molecule has 0 aliphatic carbocycles. The van der Waals surface area contributed by atoms with Gasteiger partial charge >= 0.3 is 5.97 Å². The van der Waals surface area contributed by atoms with Crippen molar-refractivity contribution < 1.29 is 29.1 Å². The first-order valence-corrected chi connectivity index (χ1v) is 11.9. The van der Waals surface area contributed by atoms with E-state index in [1.165, 1.54) is 0 Å². The topological polar surface area (TPSA) is 258 Å². The van der Waals surface area contributed by atoms with Crippen molar-refractivity contribution >= 4 is 35.6 Å². The number of carbonyl (C=O) groups excluding carboxylic acids is 4. The van der Waals surface area contributed by atoms with Crippen molar-refractivity contribution in [3.63, 3.8) is 0 Å². The lowest BCUT2D eigenvalue weighted by atomic mass is 9.97. The lowest BCUT2D eigenvalue weighted by Crippen LogP contribution is -2.58. The van der Waals surface area contributed by atoms with E-state index in [0.717, 1.165) is 0 Å². The third-order valence-corrected chi connectivity index (χ3v) is 5.50. The van der Waals surface area contributed by atoms with E-state index in [-0.39, 0.29) is 43.6 Å². The van der Waals surface area contributed by atoms with E-state index in [1.54, 1.807) is 0 Å². The number of nitrogens with two attached hydrogens (primary N) is 4. The summed E-state index contributed by atoms with van der Waals surface area (Å²) in [5.41, 5.74) is 21.7. The van der Waals surface area contributed by atoms with Gasteiger partial charge in [-0.25, -0.2) is 4.79 Å². The highest BCUT2D eigenvalue weighted by molar-refractivity contribution is 5.94. The number of rotatable bonds is 17. The van der Waals surface area contributed by atoms with Gasteiger partial charge in [0, 0.05) is 6.54 Å². The third-order valence-electron chi connectivity index (χ3n) is 5.50. The van der Waals surface area contributed by atoms with Crippen LogP contribution in [0.3, 0.4) is 0 Å². The van der Waals surface area contributed by atoms with Gasteiger partial charge < -0.3 is 44.0 Å². The summed E-state index contributed by atoms with van der Waals surface area (Å²) in [7, 11) is 0. The summed E-state index contributed by atoms with van der Waals surface area (Å²) in [6.07, 6.45) is 0.626. The van der Waals surface area contributed by atoms with Crippen LogP contribution in [-0.2, 0) is 24.0 Å². The van der Waals surface area contributed by atoms with E-state index >= 15 is 0 Å². The van der Waals surface area contributed by atoms with Crippen LogP contribution in [0.5, 0.6) is 0 Å². The Hall–Kier alpha value is -3.42. The van der Waals surface area contributed by atoms with Crippen LogP contribution < -0.4 is 38.9 Å². The number of amides is 4. The average Bonchev–Trinajstić information content (AvgIpc) is 2.77. The molecule has 0 rings (SSSR count). The van der Waals surface area contributed by atoms with Crippen LogP contribution in [0, 0.1) is 11.8 Å². The first-order valence-electron chi connectivity index (χ1n) is 11.9. The monoisotopic (exact) mass is 514 g/mol. The normalized spacial score (nSPS) is 15.1. The highest BCUT2D eigenvalue weighted by Crippen LogP contribution is 2.10.